The van der Waals surface area contributed by atoms with Crippen LogP contribution in [0.25, 0.3) is 0 Å². The topological polar surface area (TPSA) is 38.0 Å². The lowest BCUT2D eigenvalue weighted by Gasteiger charge is -2.14. The van der Waals surface area contributed by atoms with Crippen molar-refractivity contribution in [2.24, 2.45) is 5.73 Å². The third-order valence-electron chi connectivity index (χ3n) is 2.33. The molecule has 3 N–H and O–H groups in total. The number of hydrogen-bond donors (Lipinski definition) is 2. The summed E-state index contributed by atoms with van der Waals surface area (Å²) in [6, 6.07) is 0.987. The third-order valence-corrected chi connectivity index (χ3v) is 2.33. The maximum atomic E-state index is 5.66. The van der Waals surface area contributed by atoms with Crippen molar-refractivity contribution >= 4 is 0 Å². The monoisotopic (exact) mass is 186 g/mol. The van der Waals surface area contributed by atoms with Crippen LogP contribution in [0.5, 0.6) is 0 Å². The number of nitrogens with one attached hydrogen (secondary N) is 1. The van der Waals surface area contributed by atoms with Crippen LogP contribution >= 0.6 is 0 Å². The smallest absolute Gasteiger partial charge is 0.00387 e. The highest BCUT2D eigenvalue weighted by Gasteiger charge is 2.00. The van der Waals surface area contributed by atoms with E-state index in [0.29, 0.717) is 12.1 Å². The summed E-state index contributed by atoms with van der Waals surface area (Å²) < 4.78 is 0. The van der Waals surface area contributed by atoms with Crippen LogP contribution in [0.15, 0.2) is 0 Å². The van der Waals surface area contributed by atoms with E-state index >= 15 is 0 Å². The summed E-state index contributed by atoms with van der Waals surface area (Å²) in [5.41, 5.74) is 5.66. The Balaban J connectivity index is 3.15. The zero-order valence-corrected chi connectivity index (χ0v) is 9.47. The highest BCUT2D eigenvalue weighted by Crippen LogP contribution is 2.02. The van der Waals surface area contributed by atoms with Crippen LogP contribution in [-0.4, -0.2) is 18.6 Å². The van der Waals surface area contributed by atoms with Crippen LogP contribution < -0.4 is 11.1 Å². The lowest BCUT2D eigenvalue weighted by atomic mass is 10.1. The van der Waals surface area contributed by atoms with Crippen LogP contribution in [0.2, 0.25) is 0 Å². The van der Waals surface area contributed by atoms with Crippen molar-refractivity contribution in [3.05, 3.63) is 0 Å². The molecule has 2 atom stereocenters. The molecule has 0 rings (SSSR count). The number of unbranched alkanes of at least 4 members (excludes halogenated alkanes) is 2. The Morgan fingerprint density at radius 1 is 1.15 bits per heavy atom. The molecule has 0 heterocycles. The molecule has 0 aromatic rings. The van der Waals surface area contributed by atoms with Gasteiger partial charge in [-0.15, -0.1) is 0 Å². The molecule has 0 radical (unpaired) electrons. The first-order valence-corrected chi connectivity index (χ1v) is 5.65. The van der Waals surface area contributed by atoms with E-state index in [0.717, 1.165) is 13.0 Å². The Morgan fingerprint density at radius 3 is 2.38 bits per heavy atom. The van der Waals surface area contributed by atoms with Gasteiger partial charge >= 0.3 is 0 Å². The fraction of sp³-hybridized carbons (Fsp3) is 1.00. The second-order valence-corrected chi connectivity index (χ2v) is 4.12. The molecular formula is C11H26N2. The molecule has 0 aliphatic rings. The Bertz CT molecular complexity index is 102. The summed E-state index contributed by atoms with van der Waals surface area (Å²) in [4.78, 5) is 0. The second kappa shape index (κ2) is 8.52. The SMILES string of the molecule is CCCCCC(C)NCCC(C)N. The quantitative estimate of drug-likeness (QED) is 0.571. The van der Waals surface area contributed by atoms with Crippen molar-refractivity contribution < 1.29 is 0 Å². The van der Waals surface area contributed by atoms with Crippen LogP contribution in [0, 0.1) is 0 Å². The van der Waals surface area contributed by atoms with Gasteiger partial charge in [-0.3, -0.25) is 0 Å². The van der Waals surface area contributed by atoms with E-state index in [-0.39, 0.29) is 0 Å². The summed E-state index contributed by atoms with van der Waals surface area (Å²) in [5.74, 6) is 0. The summed E-state index contributed by atoms with van der Waals surface area (Å²) in [7, 11) is 0. The van der Waals surface area contributed by atoms with E-state index in [4.69, 9.17) is 5.73 Å². The fourth-order valence-corrected chi connectivity index (χ4v) is 1.36. The summed E-state index contributed by atoms with van der Waals surface area (Å²) in [6.07, 6.45) is 6.40. The molecule has 80 valence electrons. The van der Waals surface area contributed by atoms with Gasteiger partial charge in [0.1, 0.15) is 0 Å². The zero-order chi connectivity index (χ0) is 10.1. The highest BCUT2D eigenvalue weighted by atomic mass is 14.9. The van der Waals surface area contributed by atoms with Crippen molar-refractivity contribution in [3.8, 4) is 0 Å². The van der Waals surface area contributed by atoms with Gasteiger partial charge in [-0.05, 0) is 33.2 Å². The normalized spacial score (nSPS) is 15.7. The van der Waals surface area contributed by atoms with Crippen LogP contribution in [0.3, 0.4) is 0 Å². The molecule has 0 saturated carbocycles. The van der Waals surface area contributed by atoms with Crippen LogP contribution in [0.1, 0.15) is 52.9 Å². The molecule has 2 nitrogen and oxygen atoms in total. The Labute approximate surface area is 83.3 Å². The van der Waals surface area contributed by atoms with Crippen molar-refractivity contribution in [1.82, 2.24) is 5.32 Å². The minimum atomic E-state index is 0.329. The molecule has 0 spiro atoms. The Morgan fingerprint density at radius 2 is 1.85 bits per heavy atom. The molecular weight excluding hydrogens is 160 g/mol. The number of hydrogen-bond acceptors (Lipinski definition) is 2. The van der Waals surface area contributed by atoms with E-state index in [1.807, 2.05) is 0 Å². The molecule has 0 aromatic heterocycles. The maximum absolute atomic E-state index is 5.66. The predicted octanol–water partition coefficient (Wildman–Crippen LogP) is 2.28. The van der Waals surface area contributed by atoms with E-state index < -0.39 is 0 Å². The Kier molecular flexibility index (Phi) is 8.46. The summed E-state index contributed by atoms with van der Waals surface area (Å²) in [5, 5.41) is 3.49. The van der Waals surface area contributed by atoms with E-state index in [2.05, 4.69) is 26.1 Å². The Hall–Kier alpha value is -0.0800. The molecule has 0 aliphatic carbocycles. The average Bonchev–Trinajstić information content (AvgIpc) is 2.04. The molecule has 0 amide bonds. The van der Waals surface area contributed by atoms with Crippen LogP contribution in [-0.2, 0) is 0 Å². The van der Waals surface area contributed by atoms with E-state index in [1.165, 1.54) is 25.7 Å². The van der Waals surface area contributed by atoms with Gasteiger partial charge in [-0.1, -0.05) is 26.2 Å². The van der Waals surface area contributed by atoms with Gasteiger partial charge in [0.2, 0.25) is 0 Å². The standard InChI is InChI=1S/C11H26N2/c1-4-5-6-7-11(3)13-9-8-10(2)12/h10-11,13H,4-9,12H2,1-3H3. The molecule has 2 heteroatoms. The molecule has 0 fully saturated rings. The molecule has 0 bridgehead atoms. The fourth-order valence-electron chi connectivity index (χ4n) is 1.36. The van der Waals surface area contributed by atoms with Gasteiger partial charge in [-0.2, -0.15) is 0 Å². The van der Waals surface area contributed by atoms with Gasteiger partial charge < -0.3 is 11.1 Å². The molecule has 13 heavy (non-hydrogen) atoms. The van der Waals surface area contributed by atoms with Crippen molar-refractivity contribution in [2.75, 3.05) is 6.54 Å². The first kappa shape index (κ1) is 12.9. The summed E-state index contributed by atoms with van der Waals surface area (Å²) >= 11 is 0. The molecule has 0 aromatic carbocycles. The molecule has 0 aliphatic heterocycles. The van der Waals surface area contributed by atoms with Gasteiger partial charge in [0.15, 0.2) is 0 Å². The van der Waals surface area contributed by atoms with Crippen LogP contribution in [0.4, 0.5) is 0 Å². The molecule has 0 saturated heterocycles. The minimum absolute atomic E-state index is 0.329. The first-order chi connectivity index (χ1) is 6.16. The van der Waals surface area contributed by atoms with E-state index in [1.54, 1.807) is 0 Å². The zero-order valence-electron chi connectivity index (χ0n) is 9.47. The van der Waals surface area contributed by atoms with E-state index in [9.17, 15) is 0 Å². The maximum Gasteiger partial charge on any atom is 0.00387 e. The first-order valence-electron chi connectivity index (χ1n) is 5.65. The van der Waals surface area contributed by atoms with Gasteiger partial charge in [0.25, 0.3) is 0 Å². The largest absolute Gasteiger partial charge is 0.328 e. The lowest BCUT2D eigenvalue weighted by molar-refractivity contribution is 0.471. The second-order valence-electron chi connectivity index (χ2n) is 4.12. The highest BCUT2D eigenvalue weighted by molar-refractivity contribution is 4.63. The van der Waals surface area contributed by atoms with Gasteiger partial charge in [0.05, 0.1) is 0 Å². The van der Waals surface area contributed by atoms with Crippen molar-refractivity contribution in [2.45, 2.75) is 65.0 Å². The van der Waals surface area contributed by atoms with Gasteiger partial charge in [-0.25, -0.2) is 0 Å². The van der Waals surface area contributed by atoms with Crippen molar-refractivity contribution in [1.29, 1.82) is 0 Å². The minimum Gasteiger partial charge on any atom is -0.328 e. The third kappa shape index (κ3) is 9.84. The predicted molar refractivity (Wildman–Crippen MR) is 59.9 cm³/mol. The van der Waals surface area contributed by atoms with Gasteiger partial charge in [0, 0.05) is 12.1 Å². The average molecular weight is 186 g/mol. The number of rotatable bonds is 8. The van der Waals surface area contributed by atoms with Crippen molar-refractivity contribution in [3.63, 3.8) is 0 Å². The number of nitrogens with two attached hydrogens (primary N) is 1. The molecule has 2 unspecified atom stereocenters. The lowest BCUT2D eigenvalue weighted by Crippen LogP contribution is -2.30. The summed E-state index contributed by atoms with van der Waals surface area (Å²) in [6.45, 7) is 7.62.